The molecular weight excluding hydrogens is 383 g/mol. The third-order valence-electron chi connectivity index (χ3n) is 4.27. The van der Waals surface area contributed by atoms with Crippen LogP contribution in [0.15, 0.2) is 73.3 Å². The molecule has 0 spiro atoms. The minimum atomic E-state index is -4.72. The second-order valence-corrected chi connectivity index (χ2v) is 6.18. The normalized spacial score (nSPS) is 12.7. The number of imidazole rings is 1. The van der Waals surface area contributed by atoms with Gasteiger partial charge in [-0.25, -0.2) is 4.98 Å². The van der Waals surface area contributed by atoms with Gasteiger partial charge in [0.15, 0.2) is 11.7 Å². The van der Waals surface area contributed by atoms with Crippen molar-refractivity contribution in [3.05, 3.63) is 84.7 Å². The summed E-state index contributed by atoms with van der Waals surface area (Å²) in [5.74, 6) is -0.544. The lowest BCUT2D eigenvalue weighted by Crippen LogP contribution is -2.38. The van der Waals surface area contributed by atoms with E-state index in [0.29, 0.717) is 16.9 Å². The van der Waals surface area contributed by atoms with Crippen LogP contribution >= 0.6 is 0 Å². The van der Waals surface area contributed by atoms with E-state index in [4.69, 9.17) is 0 Å². The number of aromatic nitrogens is 4. The highest BCUT2D eigenvalue weighted by Gasteiger charge is 2.43. The van der Waals surface area contributed by atoms with Crippen molar-refractivity contribution < 1.29 is 18.0 Å². The van der Waals surface area contributed by atoms with Gasteiger partial charge < -0.3 is 5.32 Å². The van der Waals surface area contributed by atoms with Crippen molar-refractivity contribution in [1.82, 2.24) is 24.7 Å². The van der Waals surface area contributed by atoms with Crippen LogP contribution in [-0.2, 0) is 0 Å². The number of hydrogen-bond acceptors (Lipinski definition) is 4. The number of hydrogen-bond donors (Lipinski definition) is 1. The molecule has 1 unspecified atom stereocenters. The maximum absolute atomic E-state index is 13.6. The maximum Gasteiger partial charge on any atom is 0.414 e. The zero-order chi connectivity index (χ0) is 20.4. The summed E-state index contributed by atoms with van der Waals surface area (Å²) in [6.45, 7) is 0. The average Bonchev–Trinajstić information content (AvgIpc) is 3.12. The summed E-state index contributed by atoms with van der Waals surface area (Å²) in [5, 5.41) is 2.03. The van der Waals surface area contributed by atoms with Gasteiger partial charge in [0.05, 0.1) is 11.2 Å². The zero-order valence-electron chi connectivity index (χ0n) is 14.8. The van der Waals surface area contributed by atoms with Gasteiger partial charge in [-0.05, 0) is 36.4 Å². The molecule has 0 fully saturated rings. The predicted octanol–water partition coefficient (Wildman–Crippen LogP) is 3.82. The van der Waals surface area contributed by atoms with E-state index in [-0.39, 0.29) is 11.4 Å². The number of pyridine rings is 3. The first-order chi connectivity index (χ1) is 13.9. The van der Waals surface area contributed by atoms with Gasteiger partial charge in [0.2, 0.25) is 0 Å². The number of halogens is 3. The van der Waals surface area contributed by atoms with E-state index >= 15 is 0 Å². The molecule has 6 nitrogen and oxygen atoms in total. The van der Waals surface area contributed by atoms with Gasteiger partial charge in [-0.1, -0.05) is 12.1 Å². The number of rotatable bonds is 4. The number of nitrogens with zero attached hydrogens (tertiary/aromatic N) is 4. The SMILES string of the molecule is O=C(NC(c1ccccn1)C(F)(F)F)c1nc(-c2cccnc2)n2ccccc12. The molecule has 0 aliphatic rings. The maximum atomic E-state index is 13.6. The Morgan fingerprint density at radius 3 is 2.55 bits per heavy atom. The fourth-order valence-corrected chi connectivity index (χ4v) is 2.97. The van der Waals surface area contributed by atoms with Crippen LogP contribution in [0.25, 0.3) is 16.9 Å². The fourth-order valence-electron chi connectivity index (χ4n) is 2.97. The molecule has 0 radical (unpaired) electrons. The Kier molecular flexibility index (Phi) is 4.71. The van der Waals surface area contributed by atoms with E-state index < -0.39 is 18.1 Å². The van der Waals surface area contributed by atoms with E-state index in [1.54, 1.807) is 53.3 Å². The summed E-state index contributed by atoms with van der Waals surface area (Å²) in [6.07, 6.45) is 1.36. The number of fused-ring (bicyclic) bond motifs is 1. The van der Waals surface area contributed by atoms with Crippen molar-refractivity contribution in [3.8, 4) is 11.4 Å². The molecule has 146 valence electrons. The minimum absolute atomic E-state index is 0.116. The van der Waals surface area contributed by atoms with Crippen molar-refractivity contribution in [3.63, 3.8) is 0 Å². The molecule has 4 heterocycles. The van der Waals surface area contributed by atoms with Crippen LogP contribution in [0.4, 0.5) is 13.2 Å². The Balaban J connectivity index is 1.76. The van der Waals surface area contributed by atoms with E-state index in [1.807, 2.05) is 5.32 Å². The molecule has 0 aliphatic heterocycles. The molecule has 0 saturated heterocycles. The van der Waals surface area contributed by atoms with E-state index in [9.17, 15) is 18.0 Å². The quantitative estimate of drug-likeness (QED) is 0.568. The highest BCUT2D eigenvalue weighted by atomic mass is 19.4. The van der Waals surface area contributed by atoms with Crippen LogP contribution < -0.4 is 5.32 Å². The smallest absolute Gasteiger partial charge is 0.334 e. The zero-order valence-corrected chi connectivity index (χ0v) is 14.8. The van der Waals surface area contributed by atoms with Crippen LogP contribution in [0.1, 0.15) is 22.2 Å². The summed E-state index contributed by atoms with van der Waals surface area (Å²) in [5.41, 5.74) is 0.592. The largest absolute Gasteiger partial charge is 0.414 e. The minimum Gasteiger partial charge on any atom is -0.334 e. The monoisotopic (exact) mass is 397 g/mol. The molecule has 0 bridgehead atoms. The summed E-state index contributed by atoms with van der Waals surface area (Å²) in [4.78, 5) is 24.9. The van der Waals surface area contributed by atoms with E-state index in [2.05, 4.69) is 15.0 Å². The number of carbonyl (C=O) groups excluding carboxylic acids is 1. The van der Waals surface area contributed by atoms with Crippen LogP contribution in [0, 0.1) is 0 Å². The van der Waals surface area contributed by atoms with Crippen LogP contribution in [0.5, 0.6) is 0 Å². The highest BCUT2D eigenvalue weighted by Crippen LogP contribution is 2.32. The molecule has 9 heteroatoms. The lowest BCUT2D eigenvalue weighted by molar-refractivity contribution is -0.156. The molecule has 0 aliphatic carbocycles. The standard InChI is InChI=1S/C20H14F3N5O/c21-20(22,23)17(14-7-1-3-10-25-14)27-19(29)16-15-8-2-4-11-28(15)18(26-16)13-6-5-9-24-12-13/h1-12,17H,(H,27,29). The third kappa shape index (κ3) is 3.66. The van der Waals surface area contributed by atoms with Crippen LogP contribution in [0.2, 0.25) is 0 Å². The Labute approximate surface area is 163 Å². The summed E-state index contributed by atoms with van der Waals surface area (Å²) < 4.78 is 42.4. The Morgan fingerprint density at radius 2 is 1.86 bits per heavy atom. The number of amides is 1. The second kappa shape index (κ2) is 7.34. The second-order valence-electron chi connectivity index (χ2n) is 6.18. The molecule has 1 amide bonds. The molecule has 0 saturated carbocycles. The van der Waals surface area contributed by atoms with Gasteiger partial charge in [-0.2, -0.15) is 13.2 Å². The molecule has 4 rings (SSSR count). The fraction of sp³-hybridized carbons (Fsp3) is 0.100. The Morgan fingerprint density at radius 1 is 1.03 bits per heavy atom. The lowest BCUT2D eigenvalue weighted by atomic mass is 10.1. The molecule has 29 heavy (non-hydrogen) atoms. The molecule has 4 aromatic rings. The van der Waals surface area contributed by atoms with Gasteiger partial charge in [-0.3, -0.25) is 19.2 Å². The summed E-state index contributed by atoms with van der Waals surface area (Å²) in [6, 6.07) is 10.4. The first-order valence-corrected chi connectivity index (χ1v) is 8.61. The van der Waals surface area contributed by atoms with Gasteiger partial charge in [0.1, 0.15) is 5.82 Å². The Hall–Kier alpha value is -3.75. The number of alkyl halides is 3. The predicted molar refractivity (Wildman–Crippen MR) is 98.9 cm³/mol. The summed E-state index contributed by atoms with van der Waals surface area (Å²) >= 11 is 0. The average molecular weight is 397 g/mol. The first-order valence-electron chi connectivity index (χ1n) is 8.61. The molecule has 1 atom stereocenters. The molecule has 4 aromatic heterocycles. The molecular formula is C20H14F3N5O. The third-order valence-corrected chi connectivity index (χ3v) is 4.27. The van der Waals surface area contributed by atoms with Crippen molar-refractivity contribution in [1.29, 1.82) is 0 Å². The molecule has 0 aromatic carbocycles. The highest BCUT2D eigenvalue weighted by molar-refractivity contribution is 6.00. The lowest BCUT2D eigenvalue weighted by Gasteiger charge is -2.20. The van der Waals surface area contributed by atoms with Gasteiger partial charge >= 0.3 is 6.18 Å². The van der Waals surface area contributed by atoms with E-state index in [0.717, 1.165) is 0 Å². The number of nitrogens with one attached hydrogen (secondary N) is 1. The van der Waals surface area contributed by atoms with Crippen molar-refractivity contribution >= 4 is 11.4 Å². The first kappa shape index (κ1) is 18.6. The van der Waals surface area contributed by atoms with Crippen LogP contribution in [0.3, 0.4) is 0 Å². The topological polar surface area (TPSA) is 72.2 Å². The van der Waals surface area contributed by atoms with Gasteiger partial charge in [0.25, 0.3) is 5.91 Å². The van der Waals surface area contributed by atoms with Gasteiger partial charge in [-0.15, -0.1) is 0 Å². The number of carbonyl (C=O) groups is 1. The van der Waals surface area contributed by atoms with Crippen molar-refractivity contribution in [2.24, 2.45) is 0 Å². The molecule has 1 N–H and O–H groups in total. The van der Waals surface area contributed by atoms with Crippen molar-refractivity contribution in [2.45, 2.75) is 12.2 Å². The van der Waals surface area contributed by atoms with Gasteiger partial charge in [0, 0.05) is 30.4 Å². The van der Waals surface area contributed by atoms with E-state index in [1.165, 1.54) is 24.4 Å². The Bertz CT molecular complexity index is 1140. The van der Waals surface area contributed by atoms with Crippen molar-refractivity contribution in [2.75, 3.05) is 0 Å². The van der Waals surface area contributed by atoms with Crippen LogP contribution in [-0.4, -0.2) is 31.4 Å². The summed E-state index contributed by atoms with van der Waals surface area (Å²) in [7, 11) is 0.